The normalized spacial score (nSPS) is 14.7. The van der Waals surface area contributed by atoms with Crippen molar-refractivity contribution in [3.05, 3.63) is 0 Å². The maximum Gasteiger partial charge on any atom is 0.326 e. The standard InChI is InChI=1S/C20H38N6O6/c1-11(2)10-15(19(30)25-14(20(31)32)7-8-16(23)27)26-18(29)13(6-4-5-9-21)24-17(28)12(3)22/h11-15H,4-10,21-22H2,1-3H3,(H2,23,27)(H,24,28)(H,25,30)(H,26,29)(H,31,32). The van der Waals surface area contributed by atoms with E-state index in [1.54, 1.807) is 0 Å². The molecule has 0 spiro atoms. The molecule has 12 heteroatoms. The van der Waals surface area contributed by atoms with Crippen LogP contribution in [-0.4, -0.2) is 65.4 Å². The van der Waals surface area contributed by atoms with E-state index >= 15 is 0 Å². The summed E-state index contributed by atoms with van der Waals surface area (Å²) in [5.74, 6) is -3.82. The summed E-state index contributed by atoms with van der Waals surface area (Å²) in [4.78, 5) is 60.0. The van der Waals surface area contributed by atoms with E-state index in [2.05, 4.69) is 16.0 Å². The Hall–Kier alpha value is -2.73. The minimum absolute atomic E-state index is 0.00528. The molecule has 0 heterocycles. The van der Waals surface area contributed by atoms with E-state index in [4.69, 9.17) is 17.2 Å². The van der Waals surface area contributed by atoms with E-state index in [9.17, 15) is 29.1 Å². The lowest BCUT2D eigenvalue weighted by atomic mass is 10.0. The molecule has 10 N–H and O–H groups in total. The summed E-state index contributed by atoms with van der Waals surface area (Å²) in [6.07, 6.45) is 1.36. The molecular formula is C20H38N6O6. The molecule has 4 atom stereocenters. The van der Waals surface area contributed by atoms with Gasteiger partial charge in [-0.1, -0.05) is 13.8 Å². The number of carbonyl (C=O) groups excluding carboxylic acids is 4. The number of amides is 4. The highest BCUT2D eigenvalue weighted by molar-refractivity contribution is 5.94. The van der Waals surface area contributed by atoms with E-state index in [0.717, 1.165) is 0 Å². The van der Waals surface area contributed by atoms with Crippen molar-refractivity contribution in [2.75, 3.05) is 6.54 Å². The first-order valence-corrected chi connectivity index (χ1v) is 10.8. The van der Waals surface area contributed by atoms with Crippen LogP contribution in [0.1, 0.15) is 59.3 Å². The summed E-state index contributed by atoms with van der Waals surface area (Å²) in [5.41, 5.74) is 16.1. The average molecular weight is 459 g/mol. The van der Waals surface area contributed by atoms with Crippen LogP contribution in [0.5, 0.6) is 0 Å². The molecule has 0 rings (SSSR count). The Labute approximate surface area is 188 Å². The quantitative estimate of drug-likeness (QED) is 0.132. The lowest BCUT2D eigenvalue weighted by Crippen LogP contribution is -2.57. The molecular weight excluding hydrogens is 420 g/mol. The molecule has 0 fully saturated rings. The molecule has 4 amide bonds. The van der Waals surface area contributed by atoms with Crippen molar-refractivity contribution in [3.8, 4) is 0 Å². The number of aliphatic carboxylic acids is 1. The Morgan fingerprint density at radius 2 is 1.34 bits per heavy atom. The molecule has 0 aromatic rings. The van der Waals surface area contributed by atoms with E-state index < -0.39 is 53.8 Å². The van der Waals surface area contributed by atoms with Gasteiger partial charge in [-0.05, 0) is 51.5 Å². The van der Waals surface area contributed by atoms with Gasteiger partial charge in [0.05, 0.1) is 6.04 Å². The van der Waals surface area contributed by atoms with Gasteiger partial charge in [0.2, 0.25) is 23.6 Å². The van der Waals surface area contributed by atoms with E-state index in [1.807, 2.05) is 13.8 Å². The van der Waals surface area contributed by atoms with Crippen LogP contribution < -0.4 is 33.2 Å². The van der Waals surface area contributed by atoms with Gasteiger partial charge in [-0.2, -0.15) is 0 Å². The summed E-state index contributed by atoms with van der Waals surface area (Å²) in [5, 5.41) is 16.8. The number of nitrogens with two attached hydrogens (primary N) is 3. The maximum atomic E-state index is 12.9. The molecule has 32 heavy (non-hydrogen) atoms. The minimum Gasteiger partial charge on any atom is -0.480 e. The van der Waals surface area contributed by atoms with Gasteiger partial charge >= 0.3 is 5.97 Å². The third-order valence-electron chi connectivity index (χ3n) is 4.63. The summed E-state index contributed by atoms with van der Waals surface area (Å²) >= 11 is 0. The maximum absolute atomic E-state index is 12.9. The van der Waals surface area contributed by atoms with E-state index in [-0.39, 0.29) is 25.2 Å². The largest absolute Gasteiger partial charge is 0.480 e. The molecule has 184 valence electrons. The monoisotopic (exact) mass is 458 g/mol. The summed E-state index contributed by atoms with van der Waals surface area (Å²) in [6, 6.07) is -4.12. The summed E-state index contributed by atoms with van der Waals surface area (Å²) < 4.78 is 0. The zero-order valence-electron chi connectivity index (χ0n) is 19.1. The van der Waals surface area contributed by atoms with Gasteiger partial charge in [-0.25, -0.2) is 4.79 Å². The number of hydrogen-bond donors (Lipinski definition) is 7. The van der Waals surface area contributed by atoms with Crippen molar-refractivity contribution in [2.24, 2.45) is 23.1 Å². The zero-order valence-corrected chi connectivity index (χ0v) is 19.1. The topological polar surface area (TPSA) is 220 Å². The lowest BCUT2D eigenvalue weighted by molar-refractivity contribution is -0.142. The zero-order chi connectivity index (χ0) is 24.8. The molecule has 4 unspecified atom stereocenters. The van der Waals surface area contributed by atoms with Crippen LogP contribution in [0.4, 0.5) is 0 Å². The second-order valence-corrected chi connectivity index (χ2v) is 8.23. The van der Waals surface area contributed by atoms with Gasteiger partial charge < -0.3 is 38.3 Å². The highest BCUT2D eigenvalue weighted by atomic mass is 16.4. The van der Waals surface area contributed by atoms with Crippen LogP contribution in [0.15, 0.2) is 0 Å². The number of carboxylic acid groups (broad SMARTS) is 1. The fraction of sp³-hybridized carbons (Fsp3) is 0.750. The Balaban J connectivity index is 5.40. The van der Waals surface area contributed by atoms with Crippen molar-refractivity contribution in [2.45, 2.75) is 83.5 Å². The smallest absolute Gasteiger partial charge is 0.326 e. The number of rotatable bonds is 16. The lowest BCUT2D eigenvalue weighted by Gasteiger charge is -2.26. The molecule has 0 aliphatic heterocycles. The molecule has 12 nitrogen and oxygen atoms in total. The molecule has 0 saturated carbocycles. The fourth-order valence-electron chi connectivity index (χ4n) is 2.86. The second-order valence-electron chi connectivity index (χ2n) is 8.23. The first-order chi connectivity index (χ1) is 14.9. The first-order valence-electron chi connectivity index (χ1n) is 10.8. The Morgan fingerprint density at radius 3 is 1.81 bits per heavy atom. The third kappa shape index (κ3) is 12.2. The van der Waals surface area contributed by atoms with E-state index in [0.29, 0.717) is 25.8 Å². The van der Waals surface area contributed by atoms with Crippen molar-refractivity contribution >= 4 is 29.6 Å². The van der Waals surface area contributed by atoms with Gasteiger partial charge in [0.1, 0.15) is 18.1 Å². The number of carboxylic acids is 1. The van der Waals surface area contributed by atoms with Crippen LogP contribution in [0.3, 0.4) is 0 Å². The predicted molar refractivity (Wildman–Crippen MR) is 118 cm³/mol. The van der Waals surface area contributed by atoms with Crippen molar-refractivity contribution < 1.29 is 29.1 Å². The van der Waals surface area contributed by atoms with Gasteiger partial charge in [0.15, 0.2) is 0 Å². The van der Waals surface area contributed by atoms with Crippen molar-refractivity contribution in [1.82, 2.24) is 16.0 Å². The molecule has 0 radical (unpaired) electrons. The Kier molecular flexibility index (Phi) is 13.8. The Morgan fingerprint density at radius 1 is 0.812 bits per heavy atom. The van der Waals surface area contributed by atoms with Crippen LogP contribution in [0.25, 0.3) is 0 Å². The van der Waals surface area contributed by atoms with E-state index in [1.165, 1.54) is 6.92 Å². The van der Waals surface area contributed by atoms with Gasteiger partial charge in [-0.3, -0.25) is 19.2 Å². The average Bonchev–Trinajstić information content (AvgIpc) is 2.68. The van der Waals surface area contributed by atoms with Crippen molar-refractivity contribution in [3.63, 3.8) is 0 Å². The number of nitrogens with one attached hydrogen (secondary N) is 3. The highest BCUT2D eigenvalue weighted by Gasteiger charge is 2.30. The van der Waals surface area contributed by atoms with Crippen molar-refractivity contribution in [1.29, 1.82) is 0 Å². The van der Waals surface area contributed by atoms with Gasteiger partial charge in [0.25, 0.3) is 0 Å². The highest BCUT2D eigenvalue weighted by Crippen LogP contribution is 2.09. The fourth-order valence-corrected chi connectivity index (χ4v) is 2.86. The molecule has 0 aromatic carbocycles. The number of primary amides is 1. The van der Waals surface area contributed by atoms with Gasteiger partial charge in [0, 0.05) is 6.42 Å². The number of unbranched alkanes of at least 4 members (excludes halogenated alkanes) is 1. The molecule has 0 aliphatic rings. The number of carbonyl (C=O) groups is 5. The molecule has 0 bridgehead atoms. The van der Waals surface area contributed by atoms with Crippen LogP contribution >= 0.6 is 0 Å². The molecule has 0 aromatic heterocycles. The minimum atomic E-state index is -1.33. The summed E-state index contributed by atoms with van der Waals surface area (Å²) in [6.45, 7) is 5.59. The Bertz CT molecular complexity index is 654. The molecule has 0 aliphatic carbocycles. The molecule has 0 saturated heterocycles. The first kappa shape index (κ1) is 29.3. The van der Waals surface area contributed by atoms with Crippen LogP contribution in [-0.2, 0) is 24.0 Å². The predicted octanol–water partition coefficient (Wildman–Crippen LogP) is -1.69. The summed E-state index contributed by atoms with van der Waals surface area (Å²) in [7, 11) is 0. The number of hydrogen-bond acceptors (Lipinski definition) is 7. The SMILES string of the molecule is CC(C)CC(NC(=O)C(CCCCN)NC(=O)C(C)N)C(=O)NC(CCC(N)=O)C(=O)O. The second kappa shape index (κ2) is 15.1. The van der Waals surface area contributed by atoms with Gasteiger partial charge in [-0.15, -0.1) is 0 Å². The van der Waals surface area contributed by atoms with Crippen LogP contribution in [0.2, 0.25) is 0 Å². The van der Waals surface area contributed by atoms with Crippen LogP contribution in [0, 0.1) is 5.92 Å². The third-order valence-corrected chi connectivity index (χ3v) is 4.63.